The molecule has 1 aromatic rings. The molecule has 1 aromatic heterocycles. The van der Waals surface area contributed by atoms with Crippen LogP contribution in [0, 0.1) is 0 Å². The quantitative estimate of drug-likeness (QED) is 0.755. The maximum atomic E-state index is 4.89. The highest BCUT2D eigenvalue weighted by Gasteiger charge is 1.94. The predicted octanol–water partition coefficient (Wildman–Crippen LogP) is 2.20. The van der Waals surface area contributed by atoms with Gasteiger partial charge in [0.25, 0.3) is 0 Å². The Balaban J connectivity index is 0.000000921. The Bertz CT molecular complexity index is 276. The molecular weight excluding hydrogens is 190 g/mol. The van der Waals surface area contributed by atoms with Crippen molar-refractivity contribution >= 4 is 11.9 Å². The first-order chi connectivity index (χ1) is 7.36. The van der Waals surface area contributed by atoms with E-state index in [4.69, 9.17) is 4.74 Å². The minimum absolute atomic E-state index is 0.653. The molecule has 0 amide bonds. The van der Waals surface area contributed by atoms with Crippen LogP contribution in [0.2, 0.25) is 0 Å². The molecule has 4 nitrogen and oxygen atoms in total. The van der Waals surface area contributed by atoms with Crippen LogP contribution < -0.4 is 5.32 Å². The molecule has 0 bridgehead atoms. The van der Waals surface area contributed by atoms with Gasteiger partial charge in [-0.3, -0.25) is 0 Å². The zero-order chi connectivity index (χ0) is 11.5. The minimum atomic E-state index is 0.653. The molecule has 0 unspecified atom stereocenters. The summed E-state index contributed by atoms with van der Waals surface area (Å²) in [6, 6.07) is 1.88. The maximum Gasteiger partial charge on any atom is 0.149 e. The van der Waals surface area contributed by atoms with Gasteiger partial charge in [0.15, 0.2) is 0 Å². The van der Waals surface area contributed by atoms with Crippen LogP contribution in [0.15, 0.2) is 18.8 Å². The summed E-state index contributed by atoms with van der Waals surface area (Å²) in [5.41, 5.74) is 0.954. The van der Waals surface area contributed by atoms with Crippen molar-refractivity contribution in [2.75, 3.05) is 25.6 Å². The van der Waals surface area contributed by atoms with Gasteiger partial charge in [-0.1, -0.05) is 26.5 Å². The molecule has 0 aliphatic rings. The van der Waals surface area contributed by atoms with Crippen LogP contribution in [0.5, 0.6) is 0 Å². The van der Waals surface area contributed by atoms with E-state index in [1.165, 1.54) is 0 Å². The molecule has 1 heterocycles. The molecule has 0 aliphatic heterocycles. The molecule has 0 aromatic carbocycles. The van der Waals surface area contributed by atoms with E-state index in [1.54, 1.807) is 19.4 Å². The van der Waals surface area contributed by atoms with E-state index in [9.17, 15) is 0 Å². The number of rotatable bonds is 5. The van der Waals surface area contributed by atoms with Crippen molar-refractivity contribution in [2.24, 2.45) is 0 Å². The van der Waals surface area contributed by atoms with Gasteiger partial charge >= 0.3 is 0 Å². The largest absolute Gasteiger partial charge is 0.383 e. The summed E-state index contributed by atoms with van der Waals surface area (Å²) in [4.78, 5) is 0. The molecule has 0 aliphatic carbocycles. The average molecular weight is 209 g/mol. The van der Waals surface area contributed by atoms with Crippen LogP contribution in [0.3, 0.4) is 0 Å². The second-order valence-corrected chi connectivity index (χ2v) is 2.50. The van der Waals surface area contributed by atoms with E-state index >= 15 is 0 Å². The molecule has 1 rings (SSSR count). The Morgan fingerprint density at radius 1 is 1.53 bits per heavy atom. The number of methoxy groups -OCH3 is 1. The van der Waals surface area contributed by atoms with Gasteiger partial charge in [0.2, 0.25) is 0 Å². The molecule has 15 heavy (non-hydrogen) atoms. The van der Waals surface area contributed by atoms with Gasteiger partial charge in [0, 0.05) is 13.7 Å². The summed E-state index contributed by atoms with van der Waals surface area (Å²) in [5, 5.41) is 10.8. The van der Waals surface area contributed by atoms with E-state index in [2.05, 4.69) is 22.1 Å². The highest BCUT2D eigenvalue weighted by Crippen LogP contribution is 2.04. The summed E-state index contributed by atoms with van der Waals surface area (Å²) < 4.78 is 4.89. The van der Waals surface area contributed by atoms with Gasteiger partial charge in [0.1, 0.15) is 5.82 Å². The lowest BCUT2D eigenvalue weighted by Crippen LogP contribution is -2.09. The van der Waals surface area contributed by atoms with E-state index < -0.39 is 0 Å². The Labute approximate surface area is 91.4 Å². The second-order valence-electron chi connectivity index (χ2n) is 2.50. The van der Waals surface area contributed by atoms with E-state index in [-0.39, 0.29) is 0 Å². The van der Waals surface area contributed by atoms with Crippen LogP contribution >= 0.6 is 0 Å². The standard InChI is InChI=1S/C9H13N3O.C2H6/c1-3-8-6-9(12-11-7-8)10-4-5-13-2;1-2/h3,6-7H,1,4-5H2,2H3,(H,10,12);1-2H3. The Morgan fingerprint density at radius 3 is 2.87 bits per heavy atom. The number of nitrogens with zero attached hydrogens (tertiary/aromatic N) is 2. The van der Waals surface area contributed by atoms with Crippen molar-refractivity contribution in [2.45, 2.75) is 13.8 Å². The van der Waals surface area contributed by atoms with Crippen molar-refractivity contribution in [3.8, 4) is 0 Å². The van der Waals surface area contributed by atoms with E-state index in [0.29, 0.717) is 6.61 Å². The molecule has 1 N–H and O–H groups in total. The molecule has 0 atom stereocenters. The number of hydrogen-bond donors (Lipinski definition) is 1. The van der Waals surface area contributed by atoms with Crippen LogP contribution in [-0.2, 0) is 4.74 Å². The maximum absolute atomic E-state index is 4.89. The van der Waals surface area contributed by atoms with Crippen molar-refractivity contribution in [3.63, 3.8) is 0 Å². The summed E-state index contributed by atoms with van der Waals surface area (Å²) in [6.07, 6.45) is 3.39. The van der Waals surface area contributed by atoms with Crippen molar-refractivity contribution in [1.82, 2.24) is 10.2 Å². The van der Waals surface area contributed by atoms with E-state index in [1.807, 2.05) is 19.9 Å². The summed E-state index contributed by atoms with van der Waals surface area (Å²) in [6.45, 7) is 9.03. The van der Waals surface area contributed by atoms with Gasteiger partial charge in [-0.05, 0) is 11.6 Å². The Kier molecular flexibility index (Phi) is 8.28. The smallest absolute Gasteiger partial charge is 0.149 e. The fourth-order valence-electron chi connectivity index (χ4n) is 0.861. The number of nitrogens with one attached hydrogen (secondary N) is 1. The van der Waals surface area contributed by atoms with E-state index in [0.717, 1.165) is 17.9 Å². The third-order valence-corrected chi connectivity index (χ3v) is 1.52. The molecule has 0 saturated carbocycles. The molecule has 4 heteroatoms. The summed E-state index contributed by atoms with van der Waals surface area (Å²) in [5.74, 6) is 0.745. The van der Waals surface area contributed by atoms with Crippen molar-refractivity contribution < 1.29 is 4.74 Å². The molecule has 0 fully saturated rings. The molecular formula is C11H19N3O. The predicted molar refractivity (Wildman–Crippen MR) is 63.8 cm³/mol. The summed E-state index contributed by atoms with van der Waals surface area (Å²) in [7, 11) is 1.66. The molecule has 0 spiro atoms. The Morgan fingerprint density at radius 2 is 2.27 bits per heavy atom. The topological polar surface area (TPSA) is 47.0 Å². The molecule has 84 valence electrons. The highest BCUT2D eigenvalue weighted by atomic mass is 16.5. The van der Waals surface area contributed by atoms with Crippen LogP contribution in [-0.4, -0.2) is 30.5 Å². The lowest BCUT2D eigenvalue weighted by atomic mass is 10.3. The zero-order valence-electron chi connectivity index (χ0n) is 9.66. The van der Waals surface area contributed by atoms with Crippen LogP contribution in [0.4, 0.5) is 5.82 Å². The monoisotopic (exact) mass is 209 g/mol. The minimum Gasteiger partial charge on any atom is -0.383 e. The Hall–Kier alpha value is -1.42. The van der Waals surface area contributed by atoms with Gasteiger partial charge in [-0.15, -0.1) is 5.10 Å². The average Bonchev–Trinajstić information content (AvgIpc) is 2.32. The first-order valence-corrected chi connectivity index (χ1v) is 5.05. The summed E-state index contributed by atoms with van der Waals surface area (Å²) >= 11 is 0. The third kappa shape index (κ3) is 5.80. The number of hydrogen-bond acceptors (Lipinski definition) is 4. The van der Waals surface area contributed by atoms with Crippen molar-refractivity contribution in [1.29, 1.82) is 0 Å². The normalized spacial score (nSPS) is 8.73. The first kappa shape index (κ1) is 13.6. The van der Waals surface area contributed by atoms with Crippen LogP contribution in [0.25, 0.3) is 6.08 Å². The van der Waals surface area contributed by atoms with Gasteiger partial charge in [-0.2, -0.15) is 5.10 Å². The lowest BCUT2D eigenvalue weighted by molar-refractivity contribution is 0.210. The van der Waals surface area contributed by atoms with Crippen LogP contribution in [0.1, 0.15) is 19.4 Å². The molecule has 0 saturated heterocycles. The second kappa shape index (κ2) is 9.15. The fourth-order valence-corrected chi connectivity index (χ4v) is 0.861. The highest BCUT2D eigenvalue weighted by molar-refractivity contribution is 5.50. The zero-order valence-corrected chi connectivity index (χ0v) is 9.66. The van der Waals surface area contributed by atoms with Gasteiger partial charge in [0.05, 0.1) is 12.8 Å². The number of anilines is 1. The SMILES string of the molecule is C=Cc1cnnc(NCCOC)c1.CC. The van der Waals surface area contributed by atoms with Gasteiger partial charge in [-0.25, -0.2) is 0 Å². The first-order valence-electron chi connectivity index (χ1n) is 5.05. The lowest BCUT2D eigenvalue weighted by Gasteiger charge is -2.03. The van der Waals surface area contributed by atoms with Crippen molar-refractivity contribution in [3.05, 3.63) is 24.4 Å². The molecule has 0 radical (unpaired) electrons. The fraction of sp³-hybridized carbons (Fsp3) is 0.455. The van der Waals surface area contributed by atoms with Gasteiger partial charge < -0.3 is 10.1 Å². The number of aromatic nitrogens is 2. The number of ether oxygens (including phenoxy) is 1. The third-order valence-electron chi connectivity index (χ3n) is 1.52.